The summed E-state index contributed by atoms with van der Waals surface area (Å²) in [6.07, 6.45) is 0.172. The molecule has 0 N–H and O–H groups in total. The van der Waals surface area contributed by atoms with Crippen molar-refractivity contribution in [3.8, 4) is 0 Å². The number of aliphatic imine (C=N–C) groups is 1. The summed E-state index contributed by atoms with van der Waals surface area (Å²) in [6, 6.07) is 8.80. The first-order chi connectivity index (χ1) is 8.00. The van der Waals surface area contributed by atoms with Gasteiger partial charge in [0.1, 0.15) is 11.6 Å². The van der Waals surface area contributed by atoms with Crippen LogP contribution in [0.1, 0.15) is 23.7 Å². The lowest BCUT2D eigenvalue weighted by atomic mass is 10.2. The van der Waals surface area contributed by atoms with Gasteiger partial charge in [-0.3, -0.25) is 9.59 Å². The number of Topliss-reactive ketones (excluding diaryl/α,β-unsaturated/α-hetero) is 1. The van der Waals surface area contributed by atoms with E-state index in [1.807, 2.05) is 6.07 Å². The van der Waals surface area contributed by atoms with Crippen LogP contribution in [0, 0.1) is 0 Å². The Labute approximate surface area is 101 Å². The van der Waals surface area contributed by atoms with Crippen LogP contribution in [-0.2, 0) is 4.79 Å². The van der Waals surface area contributed by atoms with Gasteiger partial charge in [-0.1, -0.05) is 18.2 Å². The Hall–Kier alpha value is -1.97. The molecular weight excluding hydrogens is 216 g/mol. The zero-order valence-electron chi connectivity index (χ0n) is 10.3. The molecule has 0 atom stereocenters. The van der Waals surface area contributed by atoms with E-state index in [0.29, 0.717) is 11.4 Å². The highest BCUT2D eigenvalue weighted by Gasteiger charge is 2.10. The molecule has 0 saturated heterocycles. The molecule has 1 aromatic rings. The van der Waals surface area contributed by atoms with Crippen LogP contribution in [0.2, 0.25) is 0 Å². The van der Waals surface area contributed by atoms with Crippen molar-refractivity contribution >= 4 is 17.5 Å². The topological polar surface area (TPSA) is 49.7 Å². The minimum Gasteiger partial charge on any atom is -0.366 e. The van der Waals surface area contributed by atoms with E-state index in [1.54, 1.807) is 43.3 Å². The Bertz CT molecular complexity index is 436. The molecular formula is C13H16N2O2. The van der Waals surface area contributed by atoms with Gasteiger partial charge < -0.3 is 4.90 Å². The number of hydrogen-bond donors (Lipinski definition) is 0. The van der Waals surface area contributed by atoms with Gasteiger partial charge in [-0.25, -0.2) is 0 Å². The van der Waals surface area contributed by atoms with Crippen LogP contribution >= 0.6 is 0 Å². The zero-order valence-corrected chi connectivity index (χ0v) is 10.3. The summed E-state index contributed by atoms with van der Waals surface area (Å²) in [7, 11) is 3.53. The number of ketones is 1. The maximum atomic E-state index is 11.8. The summed E-state index contributed by atoms with van der Waals surface area (Å²) < 4.78 is 0. The van der Waals surface area contributed by atoms with Gasteiger partial charge in [0.25, 0.3) is 5.91 Å². The molecule has 0 aliphatic rings. The summed E-state index contributed by atoms with van der Waals surface area (Å²) >= 11 is 0. The Balaban J connectivity index is 2.91. The van der Waals surface area contributed by atoms with Gasteiger partial charge in [-0.15, -0.1) is 0 Å². The highest BCUT2D eigenvalue weighted by molar-refractivity contribution is 6.08. The first kappa shape index (κ1) is 13.1. The molecule has 90 valence electrons. The lowest BCUT2D eigenvalue weighted by Gasteiger charge is -2.13. The van der Waals surface area contributed by atoms with Gasteiger partial charge in [-0.2, -0.15) is 4.99 Å². The Morgan fingerprint density at radius 2 is 1.76 bits per heavy atom. The third-order valence-electron chi connectivity index (χ3n) is 2.17. The molecule has 0 aromatic heterocycles. The van der Waals surface area contributed by atoms with Crippen LogP contribution < -0.4 is 0 Å². The molecule has 0 bridgehead atoms. The molecule has 0 fully saturated rings. The molecule has 0 aliphatic carbocycles. The molecule has 0 heterocycles. The van der Waals surface area contributed by atoms with Crippen molar-refractivity contribution in [3.05, 3.63) is 35.9 Å². The number of carbonyl (C=O) groups is 2. The van der Waals surface area contributed by atoms with Crippen molar-refractivity contribution in [1.29, 1.82) is 0 Å². The molecule has 4 heteroatoms. The molecule has 0 radical (unpaired) electrons. The van der Waals surface area contributed by atoms with Gasteiger partial charge >= 0.3 is 0 Å². The van der Waals surface area contributed by atoms with Gasteiger partial charge in [-0.05, 0) is 19.1 Å². The maximum Gasteiger partial charge on any atom is 0.278 e. The van der Waals surface area contributed by atoms with Crippen LogP contribution in [-0.4, -0.2) is 36.5 Å². The van der Waals surface area contributed by atoms with Crippen LogP contribution in [0.4, 0.5) is 0 Å². The second kappa shape index (κ2) is 5.94. The third kappa shape index (κ3) is 4.18. The van der Waals surface area contributed by atoms with E-state index in [1.165, 1.54) is 6.92 Å². The van der Waals surface area contributed by atoms with Crippen molar-refractivity contribution in [3.63, 3.8) is 0 Å². The number of nitrogens with zero attached hydrogens (tertiary/aromatic N) is 2. The number of rotatable bonds is 3. The fraction of sp³-hybridized carbons (Fsp3) is 0.308. The first-order valence-electron chi connectivity index (χ1n) is 5.34. The largest absolute Gasteiger partial charge is 0.366 e. The van der Waals surface area contributed by atoms with E-state index in [-0.39, 0.29) is 18.1 Å². The summed E-state index contributed by atoms with van der Waals surface area (Å²) in [5.74, 6) is 0.139. The van der Waals surface area contributed by atoms with Gasteiger partial charge in [0, 0.05) is 19.7 Å². The molecule has 4 nitrogen and oxygen atoms in total. The summed E-state index contributed by atoms with van der Waals surface area (Å²) in [5, 5.41) is 0. The van der Waals surface area contributed by atoms with Crippen molar-refractivity contribution < 1.29 is 9.59 Å². The van der Waals surface area contributed by atoms with E-state index in [2.05, 4.69) is 4.99 Å². The highest BCUT2D eigenvalue weighted by Crippen LogP contribution is 2.03. The quantitative estimate of drug-likeness (QED) is 0.589. The molecule has 1 amide bonds. The summed E-state index contributed by atoms with van der Waals surface area (Å²) in [6.45, 7) is 1.48. The highest BCUT2D eigenvalue weighted by atomic mass is 16.1. The fourth-order valence-electron chi connectivity index (χ4n) is 1.28. The Morgan fingerprint density at radius 3 is 2.24 bits per heavy atom. The number of hydrogen-bond acceptors (Lipinski definition) is 2. The number of amides is 1. The van der Waals surface area contributed by atoms with Crippen molar-refractivity contribution in [1.82, 2.24) is 4.90 Å². The summed E-state index contributed by atoms with van der Waals surface area (Å²) in [4.78, 5) is 28.5. The van der Waals surface area contributed by atoms with Crippen LogP contribution in [0.3, 0.4) is 0 Å². The van der Waals surface area contributed by atoms with Crippen LogP contribution in [0.15, 0.2) is 35.3 Å². The third-order valence-corrected chi connectivity index (χ3v) is 2.17. The van der Waals surface area contributed by atoms with E-state index in [0.717, 1.165) is 0 Å². The van der Waals surface area contributed by atoms with E-state index >= 15 is 0 Å². The van der Waals surface area contributed by atoms with E-state index in [9.17, 15) is 9.59 Å². The van der Waals surface area contributed by atoms with Crippen LogP contribution in [0.25, 0.3) is 0 Å². The standard InChI is InChI=1S/C13H16N2O2/c1-10(16)9-12(15(2)3)14-13(17)11-7-5-4-6-8-11/h4-8H,9H2,1-3H3. The SMILES string of the molecule is CC(=O)CC(=NC(=O)c1ccccc1)N(C)C. The second-order valence-electron chi connectivity index (χ2n) is 3.97. The maximum absolute atomic E-state index is 11.8. The molecule has 1 aromatic carbocycles. The lowest BCUT2D eigenvalue weighted by Crippen LogP contribution is -2.25. The molecule has 1 rings (SSSR count). The molecule has 17 heavy (non-hydrogen) atoms. The fourth-order valence-corrected chi connectivity index (χ4v) is 1.28. The number of amidine groups is 1. The molecule has 0 aliphatic heterocycles. The molecule has 0 spiro atoms. The Morgan fingerprint density at radius 1 is 1.18 bits per heavy atom. The van der Waals surface area contributed by atoms with E-state index in [4.69, 9.17) is 0 Å². The minimum absolute atomic E-state index is 0.0155. The molecule has 0 saturated carbocycles. The van der Waals surface area contributed by atoms with Crippen molar-refractivity contribution in [2.45, 2.75) is 13.3 Å². The predicted molar refractivity (Wildman–Crippen MR) is 67.2 cm³/mol. The molecule has 0 unspecified atom stereocenters. The second-order valence-corrected chi connectivity index (χ2v) is 3.97. The number of benzene rings is 1. The zero-order chi connectivity index (χ0) is 12.8. The average Bonchev–Trinajstić information content (AvgIpc) is 2.28. The summed E-state index contributed by atoms with van der Waals surface area (Å²) in [5.41, 5.74) is 0.524. The predicted octanol–water partition coefficient (Wildman–Crippen LogP) is 1.77. The normalized spacial score (nSPS) is 11.1. The van der Waals surface area contributed by atoms with Gasteiger partial charge in [0.2, 0.25) is 0 Å². The van der Waals surface area contributed by atoms with Gasteiger partial charge in [0.15, 0.2) is 0 Å². The van der Waals surface area contributed by atoms with Crippen molar-refractivity contribution in [2.24, 2.45) is 4.99 Å². The monoisotopic (exact) mass is 232 g/mol. The lowest BCUT2D eigenvalue weighted by molar-refractivity contribution is -0.115. The Kier molecular flexibility index (Phi) is 4.57. The number of carbonyl (C=O) groups excluding carboxylic acids is 2. The van der Waals surface area contributed by atoms with Gasteiger partial charge in [0.05, 0.1) is 6.42 Å². The average molecular weight is 232 g/mol. The minimum atomic E-state index is -0.324. The van der Waals surface area contributed by atoms with Crippen LogP contribution in [0.5, 0.6) is 0 Å². The van der Waals surface area contributed by atoms with E-state index < -0.39 is 0 Å². The first-order valence-corrected chi connectivity index (χ1v) is 5.34. The van der Waals surface area contributed by atoms with Crippen molar-refractivity contribution in [2.75, 3.05) is 14.1 Å². The smallest absolute Gasteiger partial charge is 0.278 e.